The Balaban J connectivity index is 1.52. The van der Waals surface area contributed by atoms with Crippen LogP contribution in [-0.2, 0) is 17.8 Å². The lowest BCUT2D eigenvalue weighted by molar-refractivity contribution is -0.134. The van der Waals surface area contributed by atoms with Gasteiger partial charge in [0.1, 0.15) is 6.33 Å². The third-order valence-electron chi connectivity index (χ3n) is 5.12. The summed E-state index contributed by atoms with van der Waals surface area (Å²) in [6.07, 6.45) is 8.13. The summed E-state index contributed by atoms with van der Waals surface area (Å²) >= 11 is 0. The van der Waals surface area contributed by atoms with Crippen LogP contribution in [0.4, 0.5) is 0 Å². The number of piperidine rings is 1. The van der Waals surface area contributed by atoms with E-state index in [1.165, 1.54) is 12.8 Å². The third kappa shape index (κ3) is 3.35. The van der Waals surface area contributed by atoms with Gasteiger partial charge in [0.2, 0.25) is 5.91 Å². The van der Waals surface area contributed by atoms with E-state index in [1.54, 1.807) is 0 Å². The standard InChI is InChI=1S/C19H24N4O/c24-18(12-15-6-2-1-3-7-15)23-11-5-4-8-17(23)19-21-20-14-22(19)13-16-9-10-16/h1-3,6-7,14,16-17H,4-5,8-13H2/t17-/m0/s1. The SMILES string of the molecule is O=C(Cc1ccccc1)N1CCCC[C@H]1c1nncn1CC1CC1. The Morgan fingerprint density at radius 1 is 1.12 bits per heavy atom. The van der Waals surface area contributed by atoms with Gasteiger partial charge in [-0.2, -0.15) is 0 Å². The quantitative estimate of drug-likeness (QED) is 0.849. The molecule has 0 radical (unpaired) electrons. The Kier molecular flexibility index (Phi) is 4.32. The number of rotatable bonds is 5. The molecule has 24 heavy (non-hydrogen) atoms. The lowest BCUT2D eigenvalue weighted by Gasteiger charge is -2.35. The van der Waals surface area contributed by atoms with E-state index in [4.69, 9.17) is 0 Å². The number of aromatic nitrogens is 3. The molecule has 1 aliphatic heterocycles. The van der Waals surface area contributed by atoms with Crippen LogP contribution in [0.5, 0.6) is 0 Å². The minimum atomic E-state index is 0.0798. The molecular weight excluding hydrogens is 300 g/mol. The van der Waals surface area contributed by atoms with Crippen molar-refractivity contribution in [1.29, 1.82) is 0 Å². The zero-order chi connectivity index (χ0) is 16.4. The molecule has 0 unspecified atom stereocenters. The van der Waals surface area contributed by atoms with E-state index in [1.807, 2.05) is 41.6 Å². The molecule has 1 saturated heterocycles. The molecule has 5 heteroatoms. The van der Waals surface area contributed by atoms with E-state index in [0.29, 0.717) is 6.42 Å². The summed E-state index contributed by atoms with van der Waals surface area (Å²) in [5, 5.41) is 8.51. The fourth-order valence-corrected chi connectivity index (χ4v) is 3.61. The van der Waals surface area contributed by atoms with E-state index in [2.05, 4.69) is 14.8 Å². The van der Waals surface area contributed by atoms with Gasteiger partial charge in [-0.3, -0.25) is 4.79 Å². The second-order valence-electron chi connectivity index (χ2n) is 7.05. The molecule has 4 rings (SSSR count). The number of hydrogen-bond acceptors (Lipinski definition) is 3. The fraction of sp³-hybridized carbons (Fsp3) is 0.526. The van der Waals surface area contributed by atoms with Gasteiger partial charge in [0.05, 0.1) is 12.5 Å². The first-order valence-corrected chi connectivity index (χ1v) is 9.02. The molecule has 5 nitrogen and oxygen atoms in total. The van der Waals surface area contributed by atoms with E-state index < -0.39 is 0 Å². The number of carbonyl (C=O) groups excluding carboxylic acids is 1. The summed E-state index contributed by atoms with van der Waals surface area (Å²) in [4.78, 5) is 14.9. The smallest absolute Gasteiger partial charge is 0.227 e. The summed E-state index contributed by atoms with van der Waals surface area (Å²) in [5.41, 5.74) is 1.08. The third-order valence-corrected chi connectivity index (χ3v) is 5.12. The van der Waals surface area contributed by atoms with Crippen LogP contribution in [-0.4, -0.2) is 32.1 Å². The number of nitrogens with zero attached hydrogens (tertiary/aromatic N) is 4. The van der Waals surface area contributed by atoms with Crippen LogP contribution >= 0.6 is 0 Å². The summed E-state index contributed by atoms with van der Waals surface area (Å²) < 4.78 is 2.18. The highest BCUT2D eigenvalue weighted by Crippen LogP contribution is 2.34. The van der Waals surface area contributed by atoms with Crippen LogP contribution in [0.3, 0.4) is 0 Å². The van der Waals surface area contributed by atoms with Gasteiger partial charge >= 0.3 is 0 Å². The van der Waals surface area contributed by atoms with Crippen molar-refractivity contribution in [2.45, 2.75) is 51.1 Å². The molecule has 1 aromatic heterocycles. The van der Waals surface area contributed by atoms with Crippen molar-refractivity contribution < 1.29 is 4.79 Å². The van der Waals surface area contributed by atoms with Crippen LogP contribution in [0, 0.1) is 5.92 Å². The largest absolute Gasteiger partial charge is 0.332 e. The summed E-state index contributed by atoms with van der Waals surface area (Å²) in [5.74, 6) is 1.95. The lowest BCUT2D eigenvalue weighted by atomic mass is 10.00. The predicted molar refractivity (Wildman–Crippen MR) is 91.2 cm³/mol. The minimum absolute atomic E-state index is 0.0798. The summed E-state index contributed by atoms with van der Waals surface area (Å²) in [6.45, 7) is 1.83. The van der Waals surface area contributed by atoms with Gasteiger partial charge in [-0.25, -0.2) is 0 Å². The van der Waals surface area contributed by atoms with Gasteiger partial charge < -0.3 is 9.47 Å². The first kappa shape index (κ1) is 15.4. The number of carbonyl (C=O) groups is 1. The number of likely N-dealkylation sites (tertiary alicyclic amines) is 1. The lowest BCUT2D eigenvalue weighted by Crippen LogP contribution is -2.40. The van der Waals surface area contributed by atoms with Crippen molar-refractivity contribution in [3.63, 3.8) is 0 Å². The predicted octanol–water partition coefficient (Wildman–Crippen LogP) is 2.98. The Morgan fingerprint density at radius 3 is 2.75 bits per heavy atom. The highest BCUT2D eigenvalue weighted by molar-refractivity contribution is 5.79. The maximum atomic E-state index is 12.9. The first-order valence-electron chi connectivity index (χ1n) is 9.02. The van der Waals surface area contributed by atoms with Crippen molar-refractivity contribution in [3.8, 4) is 0 Å². The fourth-order valence-electron chi connectivity index (χ4n) is 3.61. The minimum Gasteiger partial charge on any atom is -0.332 e. The number of amides is 1. The average Bonchev–Trinajstić information content (AvgIpc) is 3.31. The van der Waals surface area contributed by atoms with Crippen molar-refractivity contribution in [2.24, 2.45) is 5.92 Å². The van der Waals surface area contributed by atoms with Crippen LogP contribution in [0.2, 0.25) is 0 Å². The topological polar surface area (TPSA) is 51.0 Å². The van der Waals surface area contributed by atoms with E-state index in [9.17, 15) is 4.79 Å². The molecule has 1 saturated carbocycles. The molecule has 1 aromatic carbocycles. The van der Waals surface area contributed by atoms with Crippen molar-refractivity contribution in [2.75, 3.05) is 6.54 Å². The second kappa shape index (κ2) is 6.75. The van der Waals surface area contributed by atoms with Crippen molar-refractivity contribution >= 4 is 5.91 Å². The zero-order valence-electron chi connectivity index (χ0n) is 14.0. The maximum absolute atomic E-state index is 12.9. The summed E-state index contributed by atoms with van der Waals surface area (Å²) in [7, 11) is 0. The first-order chi connectivity index (χ1) is 11.8. The number of hydrogen-bond donors (Lipinski definition) is 0. The van der Waals surface area contributed by atoms with Gasteiger partial charge in [0.15, 0.2) is 5.82 Å². The van der Waals surface area contributed by atoms with Gasteiger partial charge in [0.25, 0.3) is 0 Å². The molecule has 1 amide bonds. The zero-order valence-corrected chi connectivity index (χ0v) is 14.0. The van der Waals surface area contributed by atoms with E-state index >= 15 is 0 Å². The van der Waals surface area contributed by atoms with Gasteiger partial charge in [-0.05, 0) is 43.6 Å². The molecule has 2 heterocycles. The van der Waals surface area contributed by atoms with Crippen molar-refractivity contribution in [1.82, 2.24) is 19.7 Å². The molecule has 2 aromatic rings. The van der Waals surface area contributed by atoms with Gasteiger partial charge in [-0.1, -0.05) is 30.3 Å². The monoisotopic (exact) mass is 324 g/mol. The Hall–Kier alpha value is -2.17. The molecule has 0 spiro atoms. The molecule has 126 valence electrons. The molecule has 1 aliphatic carbocycles. The highest BCUT2D eigenvalue weighted by Gasteiger charge is 2.32. The second-order valence-corrected chi connectivity index (χ2v) is 7.05. The molecular formula is C19H24N4O. The Bertz CT molecular complexity index is 692. The molecule has 2 aliphatic rings. The molecule has 1 atom stereocenters. The van der Waals surface area contributed by atoms with Crippen molar-refractivity contribution in [3.05, 3.63) is 48.0 Å². The van der Waals surface area contributed by atoms with Gasteiger partial charge in [-0.15, -0.1) is 10.2 Å². The van der Waals surface area contributed by atoms with Crippen LogP contribution in [0.15, 0.2) is 36.7 Å². The van der Waals surface area contributed by atoms with Crippen LogP contribution in [0.1, 0.15) is 49.5 Å². The molecule has 0 N–H and O–H groups in total. The highest BCUT2D eigenvalue weighted by atomic mass is 16.2. The Labute approximate surface area is 142 Å². The van der Waals surface area contributed by atoms with Crippen LogP contribution in [0.25, 0.3) is 0 Å². The van der Waals surface area contributed by atoms with E-state index in [0.717, 1.165) is 49.7 Å². The average molecular weight is 324 g/mol. The molecule has 2 fully saturated rings. The number of benzene rings is 1. The Morgan fingerprint density at radius 2 is 1.96 bits per heavy atom. The van der Waals surface area contributed by atoms with Gasteiger partial charge in [0, 0.05) is 13.1 Å². The maximum Gasteiger partial charge on any atom is 0.227 e. The van der Waals surface area contributed by atoms with Crippen LogP contribution < -0.4 is 0 Å². The summed E-state index contributed by atoms with van der Waals surface area (Å²) in [6, 6.07) is 10.1. The van der Waals surface area contributed by atoms with E-state index in [-0.39, 0.29) is 11.9 Å². The normalized spacial score (nSPS) is 21.0. The molecule has 0 bridgehead atoms.